The third-order valence-electron chi connectivity index (χ3n) is 3.27. The summed E-state index contributed by atoms with van der Waals surface area (Å²) in [6.45, 7) is 4.51. The van der Waals surface area contributed by atoms with E-state index in [1.165, 1.54) is 6.26 Å². The van der Waals surface area contributed by atoms with E-state index in [-0.39, 0.29) is 11.8 Å². The first-order chi connectivity index (χ1) is 8.33. The molecule has 4 unspecified atom stereocenters. The molecule has 4 nitrogen and oxygen atoms in total. The number of hydrogen-bond acceptors (Lipinski definition) is 6. The molecular formula is C11H24N2O2S3. The standard InChI is InChI=1S/C11H24N2O2S3/c1-8-9(2)17-11(7-16-8)10(13-12)5-4-6-18(3,14)15/h8-11,13H,4-7,12H2,1-3H3. The first-order valence-corrected chi connectivity index (χ1v) is 10.3. The number of rotatable bonds is 6. The predicted octanol–water partition coefficient (Wildman–Crippen LogP) is 1.27. The Morgan fingerprint density at radius 2 is 2.06 bits per heavy atom. The molecule has 0 aromatic heterocycles. The van der Waals surface area contributed by atoms with Gasteiger partial charge < -0.3 is 0 Å². The first kappa shape index (κ1) is 16.6. The summed E-state index contributed by atoms with van der Waals surface area (Å²) in [7, 11) is -2.86. The van der Waals surface area contributed by atoms with Gasteiger partial charge in [-0.25, -0.2) is 8.42 Å². The number of sulfone groups is 1. The van der Waals surface area contributed by atoms with E-state index in [0.717, 1.165) is 12.2 Å². The van der Waals surface area contributed by atoms with Crippen molar-refractivity contribution in [1.29, 1.82) is 0 Å². The van der Waals surface area contributed by atoms with E-state index in [2.05, 4.69) is 19.3 Å². The largest absolute Gasteiger partial charge is 0.271 e. The monoisotopic (exact) mass is 312 g/mol. The first-order valence-electron chi connectivity index (χ1n) is 6.24. The molecule has 1 saturated heterocycles. The van der Waals surface area contributed by atoms with Gasteiger partial charge >= 0.3 is 0 Å². The highest BCUT2D eigenvalue weighted by molar-refractivity contribution is 8.07. The van der Waals surface area contributed by atoms with Gasteiger partial charge in [0.1, 0.15) is 9.84 Å². The summed E-state index contributed by atoms with van der Waals surface area (Å²) >= 11 is 3.95. The highest BCUT2D eigenvalue weighted by atomic mass is 32.2. The lowest BCUT2D eigenvalue weighted by Gasteiger charge is -2.35. The zero-order valence-corrected chi connectivity index (χ0v) is 13.7. The van der Waals surface area contributed by atoms with Crippen LogP contribution in [0.15, 0.2) is 0 Å². The van der Waals surface area contributed by atoms with E-state index in [9.17, 15) is 8.42 Å². The maximum absolute atomic E-state index is 11.1. The van der Waals surface area contributed by atoms with E-state index in [1.807, 2.05) is 23.5 Å². The van der Waals surface area contributed by atoms with E-state index in [1.54, 1.807) is 0 Å². The molecule has 1 aliphatic heterocycles. The van der Waals surface area contributed by atoms with Gasteiger partial charge in [-0.2, -0.15) is 23.5 Å². The van der Waals surface area contributed by atoms with Gasteiger partial charge in [0.25, 0.3) is 0 Å². The van der Waals surface area contributed by atoms with Gasteiger partial charge in [0.15, 0.2) is 0 Å². The highest BCUT2D eigenvalue weighted by Crippen LogP contribution is 2.37. The number of hydrogen-bond donors (Lipinski definition) is 2. The van der Waals surface area contributed by atoms with Crippen LogP contribution in [-0.2, 0) is 9.84 Å². The molecule has 0 aliphatic carbocycles. The van der Waals surface area contributed by atoms with Crippen molar-refractivity contribution in [3.8, 4) is 0 Å². The van der Waals surface area contributed by atoms with Gasteiger partial charge in [-0.15, -0.1) is 0 Å². The van der Waals surface area contributed by atoms with Crippen LogP contribution >= 0.6 is 23.5 Å². The predicted molar refractivity (Wildman–Crippen MR) is 82.8 cm³/mol. The Labute approximate surface area is 119 Å². The van der Waals surface area contributed by atoms with Crippen molar-refractivity contribution in [2.24, 2.45) is 5.84 Å². The lowest BCUT2D eigenvalue weighted by Crippen LogP contribution is -2.46. The number of thioether (sulfide) groups is 2. The third kappa shape index (κ3) is 5.69. The number of hydrazine groups is 1. The molecule has 108 valence electrons. The van der Waals surface area contributed by atoms with Crippen molar-refractivity contribution in [2.75, 3.05) is 17.8 Å². The molecule has 0 bridgehead atoms. The summed E-state index contributed by atoms with van der Waals surface area (Å²) in [6.07, 6.45) is 2.79. The summed E-state index contributed by atoms with van der Waals surface area (Å²) in [4.78, 5) is 0. The van der Waals surface area contributed by atoms with Gasteiger partial charge in [0.2, 0.25) is 0 Å². The Hall–Kier alpha value is 0.570. The van der Waals surface area contributed by atoms with Crippen LogP contribution in [0.5, 0.6) is 0 Å². The summed E-state index contributed by atoms with van der Waals surface area (Å²) < 4.78 is 22.2. The molecule has 0 aromatic carbocycles. The maximum Gasteiger partial charge on any atom is 0.147 e. The maximum atomic E-state index is 11.1. The minimum Gasteiger partial charge on any atom is -0.271 e. The molecule has 18 heavy (non-hydrogen) atoms. The number of nitrogens with two attached hydrogens (primary N) is 1. The van der Waals surface area contributed by atoms with Gasteiger partial charge in [0.05, 0.1) is 0 Å². The fourth-order valence-corrected chi connectivity index (χ4v) is 5.80. The molecule has 1 fully saturated rings. The van der Waals surface area contributed by atoms with Gasteiger partial charge in [0, 0.05) is 39.6 Å². The quantitative estimate of drug-likeness (QED) is 0.568. The minimum atomic E-state index is -2.86. The molecule has 0 aromatic rings. The zero-order chi connectivity index (χ0) is 13.8. The van der Waals surface area contributed by atoms with Crippen molar-refractivity contribution in [1.82, 2.24) is 5.43 Å². The van der Waals surface area contributed by atoms with Crippen LogP contribution in [-0.4, -0.2) is 48.0 Å². The van der Waals surface area contributed by atoms with Gasteiger partial charge in [-0.05, 0) is 12.8 Å². The molecule has 0 saturated carbocycles. The molecular weight excluding hydrogens is 288 g/mol. The molecule has 0 radical (unpaired) electrons. The van der Waals surface area contributed by atoms with Crippen LogP contribution in [0.1, 0.15) is 26.7 Å². The molecule has 1 heterocycles. The molecule has 7 heteroatoms. The molecule has 0 spiro atoms. The Bertz CT molecular complexity index is 348. The normalized spacial score (nSPS) is 31.2. The minimum absolute atomic E-state index is 0.208. The Morgan fingerprint density at radius 1 is 1.39 bits per heavy atom. The summed E-state index contributed by atoms with van der Waals surface area (Å²) in [5, 5.41) is 1.78. The topological polar surface area (TPSA) is 72.2 Å². The number of nitrogens with one attached hydrogen (secondary N) is 1. The van der Waals surface area contributed by atoms with E-state index in [0.29, 0.717) is 22.2 Å². The summed E-state index contributed by atoms with van der Waals surface area (Å²) in [5.41, 5.74) is 2.86. The fourth-order valence-electron chi connectivity index (χ4n) is 1.96. The van der Waals surface area contributed by atoms with Crippen molar-refractivity contribution in [2.45, 2.75) is 48.5 Å². The van der Waals surface area contributed by atoms with E-state index >= 15 is 0 Å². The average molecular weight is 313 g/mol. The smallest absolute Gasteiger partial charge is 0.147 e. The molecule has 4 atom stereocenters. The molecule has 0 amide bonds. The lowest BCUT2D eigenvalue weighted by molar-refractivity contribution is 0.484. The van der Waals surface area contributed by atoms with E-state index in [4.69, 9.17) is 5.84 Å². The van der Waals surface area contributed by atoms with Crippen LogP contribution in [0.4, 0.5) is 0 Å². The lowest BCUT2D eigenvalue weighted by atomic mass is 10.1. The van der Waals surface area contributed by atoms with Crippen molar-refractivity contribution in [3.05, 3.63) is 0 Å². The van der Waals surface area contributed by atoms with E-state index < -0.39 is 9.84 Å². The second-order valence-corrected chi connectivity index (χ2v) is 10.3. The van der Waals surface area contributed by atoms with Crippen LogP contribution < -0.4 is 11.3 Å². The highest BCUT2D eigenvalue weighted by Gasteiger charge is 2.30. The molecule has 3 N–H and O–H groups in total. The van der Waals surface area contributed by atoms with Crippen LogP contribution in [0.2, 0.25) is 0 Å². The van der Waals surface area contributed by atoms with Crippen LogP contribution in [0, 0.1) is 0 Å². The van der Waals surface area contributed by atoms with Crippen molar-refractivity contribution < 1.29 is 8.42 Å². The van der Waals surface area contributed by atoms with Gasteiger partial charge in [-0.3, -0.25) is 11.3 Å². The Kier molecular flexibility index (Phi) is 6.81. The second-order valence-electron chi connectivity index (χ2n) is 4.96. The van der Waals surface area contributed by atoms with Crippen molar-refractivity contribution >= 4 is 33.4 Å². The Morgan fingerprint density at radius 3 is 2.56 bits per heavy atom. The van der Waals surface area contributed by atoms with Crippen LogP contribution in [0.25, 0.3) is 0 Å². The van der Waals surface area contributed by atoms with Crippen molar-refractivity contribution in [3.63, 3.8) is 0 Å². The Balaban J connectivity index is 2.41. The second kappa shape index (κ2) is 7.38. The zero-order valence-electron chi connectivity index (χ0n) is 11.3. The SMILES string of the molecule is CC1SCC(C(CCCS(C)(=O)=O)NN)SC1C. The van der Waals surface area contributed by atoms with Crippen LogP contribution in [0.3, 0.4) is 0 Å². The third-order valence-corrected chi connectivity index (χ3v) is 7.85. The van der Waals surface area contributed by atoms with Gasteiger partial charge in [-0.1, -0.05) is 13.8 Å². The fraction of sp³-hybridized carbons (Fsp3) is 1.00. The molecule has 1 rings (SSSR count). The average Bonchev–Trinajstić information content (AvgIpc) is 2.27. The summed E-state index contributed by atoms with van der Waals surface area (Å²) in [5.74, 6) is 6.95. The summed E-state index contributed by atoms with van der Waals surface area (Å²) in [6, 6.07) is 0.208. The molecule has 1 aliphatic rings.